The number of nitrogens with one attached hydrogen (secondary N) is 1. The van der Waals surface area contributed by atoms with Crippen molar-refractivity contribution < 1.29 is 13.9 Å². The summed E-state index contributed by atoms with van der Waals surface area (Å²) < 4.78 is 12.6. The molecule has 3 rings (SSSR count). The van der Waals surface area contributed by atoms with E-state index < -0.39 is 0 Å². The predicted octanol–water partition coefficient (Wildman–Crippen LogP) is 3.59. The van der Waals surface area contributed by atoms with Gasteiger partial charge in [0.25, 0.3) is 0 Å². The van der Waals surface area contributed by atoms with Crippen LogP contribution in [0.25, 0.3) is 11.6 Å². The van der Waals surface area contributed by atoms with Crippen molar-refractivity contribution in [1.29, 1.82) is 0 Å². The first-order valence-corrected chi connectivity index (χ1v) is 9.10. The molecule has 0 aliphatic carbocycles. The molecule has 1 aromatic carbocycles. The molecule has 26 heavy (non-hydrogen) atoms. The highest BCUT2D eigenvalue weighted by Crippen LogP contribution is 2.26. The lowest BCUT2D eigenvalue weighted by atomic mass is 10.3. The third kappa shape index (κ3) is 4.08. The maximum atomic E-state index is 12.4. The molecule has 0 radical (unpaired) electrons. The van der Waals surface area contributed by atoms with Crippen molar-refractivity contribution in [3.05, 3.63) is 42.7 Å². The highest BCUT2D eigenvalue weighted by Gasteiger charge is 2.20. The number of hydrogen-bond donors (Lipinski definition) is 1. The molecule has 2 heterocycles. The average Bonchev–Trinajstić information content (AvgIpc) is 3.27. The Bertz CT molecular complexity index is 859. The largest absolute Gasteiger partial charge is 0.494 e. The van der Waals surface area contributed by atoms with Crippen LogP contribution in [0.15, 0.2) is 52.2 Å². The molecule has 0 unspecified atom stereocenters. The zero-order valence-electron chi connectivity index (χ0n) is 14.8. The van der Waals surface area contributed by atoms with Gasteiger partial charge >= 0.3 is 0 Å². The van der Waals surface area contributed by atoms with Gasteiger partial charge in [-0.25, -0.2) is 0 Å². The van der Waals surface area contributed by atoms with Crippen LogP contribution in [0.3, 0.4) is 0 Å². The lowest BCUT2D eigenvalue weighted by Crippen LogP contribution is -2.22. The van der Waals surface area contributed by atoms with E-state index in [1.807, 2.05) is 55.8 Å². The first kappa shape index (κ1) is 18.1. The van der Waals surface area contributed by atoms with Crippen molar-refractivity contribution in [2.75, 3.05) is 11.9 Å². The standard InChI is InChI=1S/C18H20N4O3S/c1-4-24-14-9-7-13(8-10-14)19-17(23)12(2)26-18-21-20-16(22(18)3)15-6-5-11-25-15/h5-12H,4H2,1-3H3,(H,19,23)/t12-/m0/s1. The van der Waals surface area contributed by atoms with E-state index in [2.05, 4.69) is 15.5 Å². The van der Waals surface area contributed by atoms with Gasteiger partial charge in [0.2, 0.25) is 5.91 Å². The van der Waals surface area contributed by atoms with E-state index in [0.717, 1.165) is 11.4 Å². The molecule has 0 bridgehead atoms. The van der Waals surface area contributed by atoms with Crippen LogP contribution in [0, 0.1) is 0 Å². The van der Waals surface area contributed by atoms with E-state index in [0.29, 0.717) is 23.3 Å². The fourth-order valence-electron chi connectivity index (χ4n) is 2.29. The van der Waals surface area contributed by atoms with Gasteiger partial charge in [0, 0.05) is 12.7 Å². The molecule has 0 fully saturated rings. The molecule has 1 atom stereocenters. The predicted molar refractivity (Wildman–Crippen MR) is 100 cm³/mol. The van der Waals surface area contributed by atoms with Crippen LogP contribution in [0.1, 0.15) is 13.8 Å². The van der Waals surface area contributed by atoms with Gasteiger partial charge in [-0.2, -0.15) is 0 Å². The second kappa shape index (κ2) is 8.09. The van der Waals surface area contributed by atoms with Gasteiger partial charge in [-0.3, -0.25) is 4.79 Å². The van der Waals surface area contributed by atoms with Gasteiger partial charge in [0.1, 0.15) is 5.75 Å². The number of thioether (sulfide) groups is 1. The summed E-state index contributed by atoms with van der Waals surface area (Å²) in [6.07, 6.45) is 1.59. The van der Waals surface area contributed by atoms with Crippen LogP contribution in [0.4, 0.5) is 5.69 Å². The summed E-state index contributed by atoms with van der Waals surface area (Å²) in [7, 11) is 1.84. The first-order chi connectivity index (χ1) is 12.6. The van der Waals surface area contributed by atoms with Gasteiger partial charge in [-0.15, -0.1) is 10.2 Å². The summed E-state index contributed by atoms with van der Waals surface area (Å²) >= 11 is 1.34. The Morgan fingerprint density at radius 1 is 1.31 bits per heavy atom. The number of hydrogen-bond acceptors (Lipinski definition) is 6. The van der Waals surface area contributed by atoms with Crippen molar-refractivity contribution in [2.45, 2.75) is 24.3 Å². The third-order valence-electron chi connectivity index (χ3n) is 3.66. The highest BCUT2D eigenvalue weighted by molar-refractivity contribution is 8.00. The minimum atomic E-state index is -0.339. The van der Waals surface area contributed by atoms with Crippen LogP contribution >= 0.6 is 11.8 Å². The Hall–Kier alpha value is -2.74. The number of aromatic nitrogens is 3. The van der Waals surface area contributed by atoms with E-state index in [4.69, 9.17) is 9.15 Å². The van der Waals surface area contributed by atoms with Crippen molar-refractivity contribution in [3.8, 4) is 17.3 Å². The van der Waals surface area contributed by atoms with Crippen LogP contribution in [-0.2, 0) is 11.8 Å². The van der Waals surface area contributed by atoms with Gasteiger partial charge < -0.3 is 19.0 Å². The van der Waals surface area contributed by atoms with Crippen LogP contribution in [-0.4, -0.2) is 32.5 Å². The van der Waals surface area contributed by atoms with Crippen molar-refractivity contribution in [1.82, 2.24) is 14.8 Å². The molecule has 0 aliphatic heterocycles. The molecular formula is C18H20N4O3S. The Labute approximate surface area is 155 Å². The van der Waals surface area contributed by atoms with E-state index in [1.54, 1.807) is 12.3 Å². The SMILES string of the molecule is CCOc1ccc(NC(=O)[C@H](C)Sc2nnc(-c3ccco3)n2C)cc1. The van der Waals surface area contributed by atoms with Crippen molar-refractivity contribution in [3.63, 3.8) is 0 Å². The van der Waals surface area contributed by atoms with Gasteiger partial charge in [0.15, 0.2) is 16.7 Å². The highest BCUT2D eigenvalue weighted by atomic mass is 32.2. The van der Waals surface area contributed by atoms with E-state index in [9.17, 15) is 4.79 Å². The number of nitrogens with zero attached hydrogens (tertiary/aromatic N) is 3. The Morgan fingerprint density at radius 2 is 2.08 bits per heavy atom. The normalized spacial score (nSPS) is 12.0. The summed E-state index contributed by atoms with van der Waals surface area (Å²) in [6, 6.07) is 10.9. The number of amides is 1. The summed E-state index contributed by atoms with van der Waals surface area (Å²) in [5, 5.41) is 11.5. The molecule has 3 aromatic rings. The summed E-state index contributed by atoms with van der Waals surface area (Å²) in [6.45, 7) is 4.37. The molecule has 1 N–H and O–H groups in total. The second-order valence-electron chi connectivity index (χ2n) is 5.55. The molecule has 7 nitrogen and oxygen atoms in total. The fourth-order valence-corrected chi connectivity index (χ4v) is 3.11. The Balaban J connectivity index is 1.62. The van der Waals surface area contributed by atoms with Crippen LogP contribution < -0.4 is 10.1 Å². The minimum Gasteiger partial charge on any atom is -0.494 e. The average molecular weight is 372 g/mol. The molecule has 0 aliphatic rings. The van der Waals surface area contributed by atoms with E-state index >= 15 is 0 Å². The topological polar surface area (TPSA) is 82.2 Å². The lowest BCUT2D eigenvalue weighted by molar-refractivity contribution is -0.115. The quantitative estimate of drug-likeness (QED) is 0.638. The van der Waals surface area contributed by atoms with Gasteiger partial charge in [-0.1, -0.05) is 11.8 Å². The van der Waals surface area contributed by atoms with E-state index in [-0.39, 0.29) is 11.2 Å². The number of carbonyl (C=O) groups is 1. The van der Waals surface area contributed by atoms with Crippen molar-refractivity contribution >= 4 is 23.4 Å². The van der Waals surface area contributed by atoms with Crippen LogP contribution in [0.2, 0.25) is 0 Å². The third-order valence-corrected chi connectivity index (χ3v) is 4.79. The van der Waals surface area contributed by atoms with Crippen LogP contribution in [0.5, 0.6) is 5.75 Å². The Kier molecular flexibility index (Phi) is 5.62. The number of ether oxygens (including phenoxy) is 1. The minimum absolute atomic E-state index is 0.110. The maximum absolute atomic E-state index is 12.4. The zero-order valence-corrected chi connectivity index (χ0v) is 15.6. The molecule has 136 valence electrons. The molecule has 0 saturated heterocycles. The summed E-state index contributed by atoms with van der Waals surface area (Å²) in [4.78, 5) is 12.4. The molecule has 0 saturated carbocycles. The van der Waals surface area contributed by atoms with Gasteiger partial charge in [-0.05, 0) is 50.2 Å². The fraction of sp³-hybridized carbons (Fsp3) is 0.278. The molecule has 2 aromatic heterocycles. The summed E-state index contributed by atoms with van der Waals surface area (Å²) in [5.41, 5.74) is 0.722. The summed E-state index contributed by atoms with van der Waals surface area (Å²) in [5.74, 6) is 1.93. The molecular weight excluding hydrogens is 352 g/mol. The lowest BCUT2D eigenvalue weighted by Gasteiger charge is -2.12. The molecule has 0 spiro atoms. The number of rotatable bonds is 7. The number of anilines is 1. The second-order valence-corrected chi connectivity index (χ2v) is 6.86. The maximum Gasteiger partial charge on any atom is 0.237 e. The smallest absolute Gasteiger partial charge is 0.237 e. The van der Waals surface area contributed by atoms with E-state index in [1.165, 1.54) is 11.8 Å². The zero-order chi connectivity index (χ0) is 18.5. The van der Waals surface area contributed by atoms with Crippen molar-refractivity contribution in [2.24, 2.45) is 7.05 Å². The monoisotopic (exact) mass is 372 g/mol. The first-order valence-electron chi connectivity index (χ1n) is 8.22. The molecule has 1 amide bonds. The number of carbonyl (C=O) groups excluding carboxylic acids is 1. The molecule has 8 heteroatoms. The number of benzene rings is 1. The van der Waals surface area contributed by atoms with Gasteiger partial charge in [0.05, 0.1) is 18.1 Å². The Morgan fingerprint density at radius 3 is 2.73 bits per heavy atom. The number of furan rings is 1.